The summed E-state index contributed by atoms with van der Waals surface area (Å²) in [4.78, 5) is 29.4. The van der Waals surface area contributed by atoms with E-state index in [9.17, 15) is 18.4 Å². The van der Waals surface area contributed by atoms with Gasteiger partial charge in [0, 0.05) is 44.5 Å². The van der Waals surface area contributed by atoms with E-state index in [-0.39, 0.29) is 30.5 Å². The Kier molecular flexibility index (Phi) is 5.06. The van der Waals surface area contributed by atoms with Crippen molar-refractivity contribution < 1.29 is 18.4 Å². The van der Waals surface area contributed by atoms with Crippen LogP contribution in [0.1, 0.15) is 12.8 Å². The van der Waals surface area contributed by atoms with Gasteiger partial charge in [0.2, 0.25) is 11.8 Å². The Morgan fingerprint density at radius 2 is 2.20 bits per heavy atom. The molecule has 2 amide bonds. The van der Waals surface area contributed by atoms with Crippen LogP contribution in [0.3, 0.4) is 0 Å². The van der Waals surface area contributed by atoms with Crippen molar-refractivity contribution in [3.05, 3.63) is 48.6 Å². The van der Waals surface area contributed by atoms with E-state index in [4.69, 9.17) is 0 Å². The van der Waals surface area contributed by atoms with E-state index in [2.05, 4.69) is 10.3 Å². The summed E-state index contributed by atoms with van der Waals surface area (Å²) < 4.78 is 28.8. The minimum absolute atomic E-state index is 0.00167. The van der Waals surface area contributed by atoms with Gasteiger partial charge in [0.15, 0.2) is 0 Å². The Balaban J connectivity index is 1.52. The van der Waals surface area contributed by atoms with Gasteiger partial charge >= 0.3 is 0 Å². The number of aromatic nitrogens is 2. The lowest BCUT2D eigenvalue weighted by Crippen LogP contribution is -2.34. The van der Waals surface area contributed by atoms with Gasteiger partial charge in [-0.1, -0.05) is 0 Å². The van der Waals surface area contributed by atoms with Gasteiger partial charge in [-0.2, -0.15) is 0 Å². The van der Waals surface area contributed by atoms with Crippen LogP contribution in [-0.4, -0.2) is 34.5 Å². The molecule has 6 nitrogen and oxygen atoms in total. The van der Waals surface area contributed by atoms with Gasteiger partial charge in [0.1, 0.15) is 11.6 Å². The second kappa shape index (κ2) is 7.42. The van der Waals surface area contributed by atoms with E-state index in [0.717, 1.165) is 25.1 Å². The average Bonchev–Trinajstić information content (AvgIpc) is 3.21. The molecule has 0 unspecified atom stereocenters. The van der Waals surface area contributed by atoms with Crippen LogP contribution in [0.4, 0.5) is 14.5 Å². The van der Waals surface area contributed by atoms with Crippen molar-refractivity contribution in [3.8, 4) is 0 Å². The van der Waals surface area contributed by atoms with Crippen LogP contribution < -0.4 is 10.2 Å². The first kappa shape index (κ1) is 17.1. The second-order valence-corrected chi connectivity index (χ2v) is 5.95. The lowest BCUT2D eigenvalue weighted by molar-refractivity contribution is -0.126. The number of carbonyl (C=O) groups is 2. The number of imidazole rings is 1. The molecule has 8 heteroatoms. The number of halogens is 2. The van der Waals surface area contributed by atoms with Gasteiger partial charge in [0.25, 0.3) is 0 Å². The average molecular weight is 348 g/mol. The highest BCUT2D eigenvalue weighted by Gasteiger charge is 2.36. The lowest BCUT2D eigenvalue weighted by atomic mass is 10.1. The Bertz CT molecular complexity index is 764. The van der Waals surface area contributed by atoms with E-state index >= 15 is 0 Å². The molecule has 0 saturated carbocycles. The van der Waals surface area contributed by atoms with E-state index in [1.54, 1.807) is 12.5 Å². The number of carbonyl (C=O) groups excluding carboxylic acids is 2. The Labute approximate surface area is 143 Å². The molecule has 1 aromatic carbocycles. The molecule has 1 N–H and O–H groups in total. The maximum absolute atomic E-state index is 13.8. The summed E-state index contributed by atoms with van der Waals surface area (Å²) in [6, 6.07) is 3.04. The summed E-state index contributed by atoms with van der Waals surface area (Å²) in [6.45, 7) is 1.30. The standard InChI is InChI=1S/C17H18F2N4O2/c18-13-2-3-15(14(19)9-13)23-10-12(8-16(23)24)17(25)21-4-1-6-22-7-5-20-11-22/h2-3,5,7,9,11-12H,1,4,6,8,10H2,(H,21,25)/t12-/m1/s1. The Morgan fingerprint density at radius 1 is 1.36 bits per heavy atom. The zero-order valence-corrected chi connectivity index (χ0v) is 13.5. The Morgan fingerprint density at radius 3 is 2.92 bits per heavy atom. The van der Waals surface area contributed by atoms with Gasteiger partial charge in [-0.25, -0.2) is 13.8 Å². The molecular weight excluding hydrogens is 330 g/mol. The zero-order valence-electron chi connectivity index (χ0n) is 13.5. The quantitative estimate of drug-likeness (QED) is 0.809. The summed E-state index contributed by atoms with van der Waals surface area (Å²) >= 11 is 0. The van der Waals surface area contributed by atoms with Crippen molar-refractivity contribution in [2.75, 3.05) is 18.0 Å². The fraction of sp³-hybridized carbons (Fsp3) is 0.353. The lowest BCUT2D eigenvalue weighted by Gasteiger charge is -2.17. The molecule has 132 valence electrons. The molecule has 3 rings (SSSR count). The highest BCUT2D eigenvalue weighted by atomic mass is 19.1. The second-order valence-electron chi connectivity index (χ2n) is 5.95. The summed E-state index contributed by atoms with van der Waals surface area (Å²) in [5.74, 6) is -2.63. The van der Waals surface area contributed by atoms with Gasteiger partial charge < -0.3 is 14.8 Å². The fourth-order valence-corrected chi connectivity index (χ4v) is 2.85. The van der Waals surface area contributed by atoms with Crippen LogP contribution in [0.15, 0.2) is 36.9 Å². The van der Waals surface area contributed by atoms with Crippen LogP contribution in [0.25, 0.3) is 0 Å². The third-order valence-corrected chi connectivity index (χ3v) is 4.15. The molecule has 1 aromatic heterocycles. The molecule has 1 fully saturated rings. The Hall–Kier alpha value is -2.77. The summed E-state index contributed by atoms with van der Waals surface area (Å²) in [7, 11) is 0. The number of rotatable bonds is 6. The number of benzene rings is 1. The highest BCUT2D eigenvalue weighted by molar-refractivity contribution is 6.00. The molecule has 1 aliphatic heterocycles. The molecule has 2 aromatic rings. The van der Waals surface area contributed by atoms with Gasteiger partial charge in [-0.3, -0.25) is 9.59 Å². The largest absolute Gasteiger partial charge is 0.356 e. The van der Waals surface area contributed by atoms with Crippen LogP contribution in [0.2, 0.25) is 0 Å². The highest BCUT2D eigenvalue weighted by Crippen LogP contribution is 2.27. The molecule has 0 aliphatic carbocycles. The first-order valence-corrected chi connectivity index (χ1v) is 8.03. The molecule has 0 radical (unpaired) electrons. The maximum Gasteiger partial charge on any atom is 0.227 e. The van der Waals surface area contributed by atoms with Crippen molar-refractivity contribution >= 4 is 17.5 Å². The topological polar surface area (TPSA) is 67.2 Å². The summed E-state index contributed by atoms with van der Waals surface area (Å²) in [5, 5.41) is 2.80. The minimum Gasteiger partial charge on any atom is -0.356 e. The molecule has 1 aliphatic rings. The van der Waals surface area contributed by atoms with Gasteiger partial charge in [0.05, 0.1) is 17.9 Å². The first-order chi connectivity index (χ1) is 12.0. The zero-order chi connectivity index (χ0) is 17.8. The number of hydrogen-bond acceptors (Lipinski definition) is 3. The number of hydrogen-bond donors (Lipinski definition) is 1. The molecule has 1 atom stereocenters. The first-order valence-electron chi connectivity index (χ1n) is 8.03. The van der Waals surface area contributed by atoms with Crippen LogP contribution >= 0.6 is 0 Å². The van der Waals surface area contributed by atoms with E-state index in [0.29, 0.717) is 6.54 Å². The molecule has 0 bridgehead atoms. The number of nitrogens with one attached hydrogen (secondary N) is 1. The molecular formula is C17H18F2N4O2. The third-order valence-electron chi connectivity index (χ3n) is 4.15. The van der Waals surface area contributed by atoms with E-state index in [1.807, 2.05) is 10.8 Å². The van der Waals surface area contributed by atoms with Crippen molar-refractivity contribution in [1.82, 2.24) is 14.9 Å². The molecule has 2 heterocycles. The van der Waals surface area contributed by atoms with Crippen LogP contribution in [-0.2, 0) is 16.1 Å². The van der Waals surface area contributed by atoms with Crippen molar-refractivity contribution in [3.63, 3.8) is 0 Å². The van der Waals surface area contributed by atoms with E-state index < -0.39 is 17.6 Å². The number of amides is 2. The van der Waals surface area contributed by atoms with Crippen molar-refractivity contribution in [1.29, 1.82) is 0 Å². The third kappa shape index (κ3) is 4.01. The predicted octanol–water partition coefficient (Wildman–Crippen LogP) is 1.72. The summed E-state index contributed by atoms with van der Waals surface area (Å²) in [5.41, 5.74) is 0.00167. The van der Waals surface area contributed by atoms with E-state index in [1.165, 1.54) is 11.0 Å². The monoisotopic (exact) mass is 348 g/mol. The number of aryl methyl sites for hydroxylation is 1. The SMILES string of the molecule is O=C(NCCCn1ccnc1)[C@@H]1CC(=O)N(c2ccc(F)cc2F)C1. The predicted molar refractivity (Wildman–Crippen MR) is 86.7 cm³/mol. The number of anilines is 1. The van der Waals surface area contributed by atoms with Gasteiger partial charge in [-0.15, -0.1) is 0 Å². The molecule has 1 saturated heterocycles. The maximum atomic E-state index is 13.8. The fourth-order valence-electron chi connectivity index (χ4n) is 2.85. The van der Waals surface area contributed by atoms with Crippen LogP contribution in [0.5, 0.6) is 0 Å². The molecule has 0 spiro atoms. The van der Waals surface area contributed by atoms with Crippen molar-refractivity contribution in [2.45, 2.75) is 19.4 Å². The van der Waals surface area contributed by atoms with Crippen molar-refractivity contribution in [2.24, 2.45) is 5.92 Å². The minimum atomic E-state index is -0.810. The summed E-state index contributed by atoms with van der Waals surface area (Å²) in [6.07, 6.45) is 5.98. The normalized spacial score (nSPS) is 17.1. The van der Waals surface area contributed by atoms with Gasteiger partial charge in [-0.05, 0) is 18.6 Å². The smallest absolute Gasteiger partial charge is 0.227 e. The number of nitrogens with zero attached hydrogens (tertiary/aromatic N) is 3. The van der Waals surface area contributed by atoms with Crippen LogP contribution in [0, 0.1) is 17.6 Å². The molecule has 25 heavy (non-hydrogen) atoms.